The summed E-state index contributed by atoms with van der Waals surface area (Å²) in [5.74, 6) is 2.51. The van der Waals surface area contributed by atoms with E-state index in [0.717, 1.165) is 34.4 Å². The van der Waals surface area contributed by atoms with Gasteiger partial charge in [-0.1, -0.05) is 26.2 Å². The molecule has 1 aliphatic carbocycles. The van der Waals surface area contributed by atoms with Gasteiger partial charge in [0.05, 0.1) is 5.39 Å². The summed E-state index contributed by atoms with van der Waals surface area (Å²) in [5, 5.41) is 10.2. The van der Waals surface area contributed by atoms with E-state index in [1.54, 1.807) is 11.3 Å². The Morgan fingerprint density at radius 3 is 2.90 bits per heavy atom. The molecular weight excluding hydrogens is 280 g/mol. The fourth-order valence-corrected chi connectivity index (χ4v) is 4.03. The van der Waals surface area contributed by atoms with Gasteiger partial charge in [-0.15, -0.1) is 11.3 Å². The zero-order valence-corrected chi connectivity index (χ0v) is 13.7. The van der Waals surface area contributed by atoms with Crippen molar-refractivity contribution >= 4 is 33.3 Å². The van der Waals surface area contributed by atoms with Gasteiger partial charge in [0.15, 0.2) is 0 Å². The van der Waals surface area contributed by atoms with Gasteiger partial charge in [0.25, 0.3) is 0 Å². The van der Waals surface area contributed by atoms with Crippen LogP contribution in [-0.2, 0) is 0 Å². The van der Waals surface area contributed by atoms with Crippen molar-refractivity contribution in [2.45, 2.75) is 52.0 Å². The molecule has 0 aliphatic heterocycles. The molecule has 2 heterocycles. The number of rotatable bonds is 5. The summed E-state index contributed by atoms with van der Waals surface area (Å²) < 4.78 is 0. The highest BCUT2D eigenvalue weighted by Crippen LogP contribution is 2.32. The van der Waals surface area contributed by atoms with E-state index in [1.165, 1.54) is 32.1 Å². The minimum Gasteiger partial charge on any atom is -0.366 e. The van der Waals surface area contributed by atoms with Crippen molar-refractivity contribution in [1.82, 2.24) is 9.97 Å². The first kappa shape index (κ1) is 14.6. The largest absolute Gasteiger partial charge is 0.366 e. The smallest absolute Gasteiger partial charge is 0.226 e. The number of fused-ring (bicyclic) bond motifs is 1. The van der Waals surface area contributed by atoms with Crippen molar-refractivity contribution in [2.24, 2.45) is 5.92 Å². The first-order chi connectivity index (χ1) is 10.3. The Hall–Kier alpha value is -1.36. The fourth-order valence-electron chi connectivity index (χ4n) is 3.26. The molecule has 21 heavy (non-hydrogen) atoms. The summed E-state index contributed by atoms with van der Waals surface area (Å²) in [4.78, 5) is 10.3. The first-order valence-electron chi connectivity index (χ1n) is 8.07. The summed E-state index contributed by atoms with van der Waals surface area (Å²) >= 11 is 1.68. The van der Waals surface area contributed by atoms with E-state index >= 15 is 0 Å². The second-order valence-electron chi connectivity index (χ2n) is 5.77. The van der Waals surface area contributed by atoms with Crippen LogP contribution in [-0.4, -0.2) is 22.6 Å². The number of hydrogen-bond acceptors (Lipinski definition) is 5. The van der Waals surface area contributed by atoms with E-state index < -0.39 is 0 Å². The zero-order valence-electron chi connectivity index (χ0n) is 12.9. The Labute approximate surface area is 130 Å². The molecule has 1 aliphatic rings. The Morgan fingerprint density at radius 2 is 2.10 bits per heavy atom. The minimum absolute atomic E-state index is 0.552. The van der Waals surface area contributed by atoms with Crippen molar-refractivity contribution in [2.75, 3.05) is 17.2 Å². The lowest BCUT2D eigenvalue weighted by molar-refractivity contribution is 0.317. The van der Waals surface area contributed by atoms with Crippen LogP contribution < -0.4 is 10.6 Å². The lowest BCUT2D eigenvalue weighted by Gasteiger charge is -2.32. The van der Waals surface area contributed by atoms with Crippen molar-refractivity contribution in [3.8, 4) is 0 Å². The minimum atomic E-state index is 0.552. The van der Waals surface area contributed by atoms with Crippen LogP contribution in [0.2, 0.25) is 0 Å². The molecule has 2 atom stereocenters. The van der Waals surface area contributed by atoms with Gasteiger partial charge in [-0.25, -0.2) is 4.98 Å². The number of nitrogens with one attached hydrogen (secondary N) is 2. The summed E-state index contributed by atoms with van der Waals surface area (Å²) in [6.45, 7) is 5.22. The number of nitrogens with zero attached hydrogens (tertiary/aromatic N) is 2. The Kier molecular flexibility index (Phi) is 4.58. The molecule has 0 aromatic carbocycles. The SMILES string of the molecule is CCNc1nc(NC2CCCCC2CC)c2ccsc2n1. The van der Waals surface area contributed by atoms with Crippen LogP contribution in [0.15, 0.2) is 11.4 Å². The molecule has 2 N–H and O–H groups in total. The molecule has 114 valence electrons. The van der Waals surface area contributed by atoms with E-state index in [9.17, 15) is 0 Å². The summed E-state index contributed by atoms with van der Waals surface area (Å²) in [5.41, 5.74) is 0. The maximum atomic E-state index is 4.70. The van der Waals surface area contributed by atoms with E-state index in [0.29, 0.717) is 6.04 Å². The monoisotopic (exact) mass is 304 g/mol. The second kappa shape index (κ2) is 6.60. The molecule has 0 spiro atoms. The number of hydrogen-bond donors (Lipinski definition) is 2. The predicted molar refractivity (Wildman–Crippen MR) is 91.2 cm³/mol. The Balaban J connectivity index is 1.89. The molecule has 0 saturated heterocycles. The van der Waals surface area contributed by atoms with Crippen molar-refractivity contribution in [3.05, 3.63) is 11.4 Å². The summed E-state index contributed by atoms with van der Waals surface area (Å²) in [6, 6.07) is 2.68. The molecule has 4 nitrogen and oxygen atoms in total. The Bertz CT molecular complexity index is 595. The van der Waals surface area contributed by atoms with Crippen molar-refractivity contribution in [3.63, 3.8) is 0 Å². The predicted octanol–water partition coefficient (Wildman–Crippen LogP) is 4.50. The standard InChI is InChI=1S/C16H24N4S/c1-3-11-7-5-6-8-13(11)18-14-12-9-10-21-15(12)20-16(19-14)17-4-2/h9-11,13H,3-8H2,1-2H3,(H2,17,18,19,20). The van der Waals surface area contributed by atoms with Crippen LogP contribution in [0.4, 0.5) is 11.8 Å². The number of thiophene rings is 1. The number of anilines is 2. The fraction of sp³-hybridized carbons (Fsp3) is 0.625. The normalized spacial score (nSPS) is 22.4. The summed E-state index contributed by atoms with van der Waals surface area (Å²) in [6.07, 6.45) is 6.54. The lowest BCUT2D eigenvalue weighted by Crippen LogP contribution is -2.32. The van der Waals surface area contributed by atoms with Crippen LogP contribution in [0.3, 0.4) is 0 Å². The highest BCUT2D eigenvalue weighted by Gasteiger charge is 2.24. The quantitative estimate of drug-likeness (QED) is 0.853. The average Bonchev–Trinajstić information content (AvgIpc) is 2.97. The maximum Gasteiger partial charge on any atom is 0.226 e. The van der Waals surface area contributed by atoms with Gasteiger partial charge < -0.3 is 10.6 Å². The van der Waals surface area contributed by atoms with Crippen LogP contribution in [0.25, 0.3) is 10.2 Å². The van der Waals surface area contributed by atoms with Crippen LogP contribution in [0.5, 0.6) is 0 Å². The van der Waals surface area contributed by atoms with Crippen molar-refractivity contribution < 1.29 is 0 Å². The van der Waals surface area contributed by atoms with Gasteiger partial charge in [0, 0.05) is 12.6 Å². The van der Waals surface area contributed by atoms with Gasteiger partial charge in [-0.3, -0.25) is 0 Å². The van der Waals surface area contributed by atoms with Gasteiger partial charge in [0.1, 0.15) is 10.6 Å². The lowest BCUT2D eigenvalue weighted by atomic mass is 9.83. The highest BCUT2D eigenvalue weighted by atomic mass is 32.1. The Morgan fingerprint density at radius 1 is 1.24 bits per heavy atom. The molecular formula is C16H24N4S. The van der Waals surface area contributed by atoms with E-state index in [-0.39, 0.29) is 0 Å². The van der Waals surface area contributed by atoms with Gasteiger partial charge in [-0.2, -0.15) is 4.98 Å². The molecule has 0 amide bonds. The first-order valence-corrected chi connectivity index (χ1v) is 8.95. The molecule has 2 aromatic heterocycles. The highest BCUT2D eigenvalue weighted by molar-refractivity contribution is 7.16. The van der Waals surface area contributed by atoms with Gasteiger partial charge >= 0.3 is 0 Å². The molecule has 2 unspecified atom stereocenters. The van der Waals surface area contributed by atoms with Crippen LogP contribution >= 0.6 is 11.3 Å². The van der Waals surface area contributed by atoms with Crippen molar-refractivity contribution in [1.29, 1.82) is 0 Å². The van der Waals surface area contributed by atoms with E-state index in [4.69, 9.17) is 4.98 Å². The maximum absolute atomic E-state index is 4.70. The third kappa shape index (κ3) is 3.12. The molecule has 2 aromatic rings. The molecule has 0 bridgehead atoms. The van der Waals surface area contributed by atoms with Gasteiger partial charge in [0.2, 0.25) is 5.95 Å². The third-order valence-corrected chi connectivity index (χ3v) is 5.22. The topological polar surface area (TPSA) is 49.8 Å². The molecule has 1 fully saturated rings. The second-order valence-corrected chi connectivity index (χ2v) is 6.66. The molecule has 3 rings (SSSR count). The van der Waals surface area contributed by atoms with Crippen LogP contribution in [0, 0.1) is 5.92 Å². The van der Waals surface area contributed by atoms with Crippen LogP contribution in [0.1, 0.15) is 46.0 Å². The number of aromatic nitrogens is 2. The summed E-state index contributed by atoms with van der Waals surface area (Å²) in [7, 11) is 0. The third-order valence-electron chi connectivity index (χ3n) is 4.42. The molecule has 1 saturated carbocycles. The molecule has 0 radical (unpaired) electrons. The van der Waals surface area contributed by atoms with E-state index in [2.05, 4.69) is 40.9 Å². The molecule has 5 heteroatoms. The average molecular weight is 304 g/mol. The van der Waals surface area contributed by atoms with Gasteiger partial charge in [-0.05, 0) is 37.1 Å². The van der Waals surface area contributed by atoms with E-state index in [1.807, 2.05) is 0 Å². The zero-order chi connectivity index (χ0) is 14.7.